The molecule has 1 amide bonds. The van der Waals surface area contributed by atoms with Gasteiger partial charge in [0.05, 0.1) is 0 Å². The molecular formula is C12H26N4O3S. The van der Waals surface area contributed by atoms with Crippen LogP contribution >= 0.6 is 0 Å². The molecule has 1 aliphatic rings. The predicted molar refractivity (Wildman–Crippen MR) is 78.2 cm³/mol. The normalized spacial score (nSPS) is 21.1. The number of rotatable bonds is 7. The van der Waals surface area contributed by atoms with Crippen LogP contribution < -0.4 is 11.1 Å². The molecule has 0 spiro atoms. The third-order valence-corrected chi connectivity index (χ3v) is 5.73. The molecule has 1 heterocycles. The van der Waals surface area contributed by atoms with Crippen LogP contribution in [0.4, 0.5) is 0 Å². The third-order valence-electron chi connectivity index (χ3n) is 3.61. The van der Waals surface area contributed by atoms with Crippen LogP contribution in [0.15, 0.2) is 0 Å². The van der Waals surface area contributed by atoms with Gasteiger partial charge in [-0.05, 0) is 12.8 Å². The molecular weight excluding hydrogens is 280 g/mol. The van der Waals surface area contributed by atoms with Crippen LogP contribution in [0.2, 0.25) is 0 Å². The fraction of sp³-hybridized carbons (Fsp3) is 0.917. The number of nitrogens with one attached hydrogen (secondary N) is 1. The van der Waals surface area contributed by atoms with Crippen LogP contribution in [0.1, 0.15) is 32.6 Å². The van der Waals surface area contributed by atoms with Gasteiger partial charge < -0.3 is 11.1 Å². The Hall–Kier alpha value is -0.700. The summed E-state index contributed by atoms with van der Waals surface area (Å²) in [6.45, 7) is 3.42. The minimum absolute atomic E-state index is 0.126. The maximum absolute atomic E-state index is 12.4. The molecule has 1 atom stereocenters. The molecule has 1 fully saturated rings. The van der Waals surface area contributed by atoms with Gasteiger partial charge in [0.25, 0.3) is 10.2 Å². The summed E-state index contributed by atoms with van der Waals surface area (Å²) in [6.07, 6.45) is 2.90. The molecule has 0 bridgehead atoms. The van der Waals surface area contributed by atoms with Crippen molar-refractivity contribution < 1.29 is 13.2 Å². The molecule has 1 saturated heterocycles. The largest absolute Gasteiger partial charge is 0.354 e. The number of carbonyl (C=O) groups excluding carboxylic acids is 1. The van der Waals surface area contributed by atoms with E-state index in [0.717, 1.165) is 19.3 Å². The maximum Gasteiger partial charge on any atom is 0.282 e. The molecule has 20 heavy (non-hydrogen) atoms. The molecule has 1 aliphatic heterocycles. The van der Waals surface area contributed by atoms with E-state index in [1.807, 2.05) is 0 Å². The molecule has 118 valence electrons. The lowest BCUT2D eigenvalue weighted by atomic mass is 10.1. The second-order valence-corrected chi connectivity index (χ2v) is 7.01. The average molecular weight is 306 g/mol. The topological polar surface area (TPSA) is 95.7 Å². The minimum atomic E-state index is -3.43. The summed E-state index contributed by atoms with van der Waals surface area (Å²) in [5, 5.41) is 2.77. The standard InChI is InChI=1S/C12H26N4O3S/c1-3-15(2)20(18,19)16-9-5-4-6-11(16)10-14-12(17)7-8-13/h11H,3-10,13H2,1-2H3,(H,14,17). The Morgan fingerprint density at radius 3 is 2.75 bits per heavy atom. The molecule has 0 aliphatic carbocycles. The molecule has 0 saturated carbocycles. The first kappa shape index (κ1) is 17.4. The van der Waals surface area contributed by atoms with E-state index in [9.17, 15) is 13.2 Å². The summed E-state index contributed by atoms with van der Waals surface area (Å²) >= 11 is 0. The van der Waals surface area contributed by atoms with E-state index in [2.05, 4.69) is 5.32 Å². The first-order valence-corrected chi connectivity index (χ1v) is 8.53. The van der Waals surface area contributed by atoms with Crippen molar-refractivity contribution in [2.75, 3.05) is 33.2 Å². The van der Waals surface area contributed by atoms with Crippen LogP contribution in [0.3, 0.4) is 0 Å². The van der Waals surface area contributed by atoms with Gasteiger partial charge in [-0.1, -0.05) is 13.3 Å². The zero-order valence-electron chi connectivity index (χ0n) is 12.3. The van der Waals surface area contributed by atoms with Gasteiger partial charge in [-0.3, -0.25) is 4.79 Å². The molecule has 0 aromatic carbocycles. The van der Waals surface area contributed by atoms with Crippen LogP contribution in [0.5, 0.6) is 0 Å². The molecule has 8 heteroatoms. The van der Waals surface area contributed by atoms with Crippen molar-refractivity contribution in [3.8, 4) is 0 Å². The monoisotopic (exact) mass is 306 g/mol. The van der Waals surface area contributed by atoms with E-state index in [0.29, 0.717) is 26.2 Å². The summed E-state index contributed by atoms with van der Waals surface area (Å²) < 4.78 is 27.7. The Morgan fingerprint density at radius 1 is 1.45 bits per heavy atom. The third kappa shape index (κ3) is 4.41. The molecule has 0 radical (unpaired) electrons. The number of amides is 1. The Labute approximate surface area is 121 Å². The van der Waals surface area contributed by atoms with Crippen molar-refractivity contribution in [2.24, 2.45) is 5.73 Å². The van der Waals surface area contributed by atoms with Gasteiger partial charge in [0.15, 0.2) is 0 Å². The lowest BCUT2D eigenvalue weighted by Crippen LogP contribution is -2.53. The highest BCUT2D eigenvalue weighted by atomic mass is 32.2. The lowest BCUT2D eigenvalue weighted by molar-refractivity contribution is -0.121. The molecule has 0 aromatic rings. The summed E-state index contributed by atoms with van der Waals surface area (Å²) in [6, 6.07) is -0.163. The van der Waals surface area contributed by atoms with Crippen molar-refractivity contribution in [1.82, 2.24) is 13.9 Å². The zero-order valence-corrected chi connectivity index (χ0v) is 13.2. The van der Waals surface area contributed by atoms with Crippen molar-refractivity contribution in [2.45, 2.75) is 38.6 Å². The minimum Gasteiger partial charge on any atom is -0.354 e. The molecule has 1 unspecified atom stereocenters. The maximum atomic E-state index is 12.4. The van der Waals surface area contributed by atoms with Gasteiger partial charge in [-0.25, -0.2) is 0 Å². The Morgan fingerprint density at radius 2 is 2.15 bits per heavy atom. The number of piperidine rings is 1. The van der Waals surface area contributed by atoms with Gasteiger partial charge in [-0.15, -0.1) is 0 Å². The van der Waals surface area contributed by atoms with Crippen molar-refractivity contribution >= 4 is 16.1 Å². The summed E-state index contributed by atoms with van der Waals surface area (Å²) in [7, 11) is -1.85. The van der Waals surface area contributed by atoms with Crippen LogP contribution in [0.25, 0.3) is 0 Å². The van der Waals surface area contributed by atoms with Gasteiger partial charge in [0.2, 0.25) is 5.91 Å². The predicted octanol–water partition coefficient (Wildman–Crippen LogP) is -0.498. The van der Waals surface area contributed by atoms with E-state index in [4.69, 9.17) is 5.73 Å². The molecule has 3 N–H and O–H groups in total. The van der Waals surface area contributed by atoms with Crippen molar-refractivity contribution in [1.29, 1.82) is 0 Å². The highest BCUT2D eigenvalue weighted by molar-refractivity contribution is 7.86. The van der Waals surface area contributed by atoms with E-state index < -0.39 is 10.2 Å². The van der Waals surface area contributed by atoms with Crippen molar-refractivity contribution in [3.05, 3.63) is 0 Å². The fourth-order valence-corrected chi connectivity index (χ4v) is 3.88. The highest BCUT2D eigenvalue weighted by Gasteiger charge is 2.34. The summed E-state index contributed by atoms with van der Waals surface area (Å²) in [5.74, 6) is -0.126. The second-order valence-electron chi connectivity index (χ2n) is 5.03. The van der Waals surface area contributed by atoms with Gasteiger partial charge in [0, 0.05) is 45.7 Å². The first-order chi connectivity index (χ1) is 9.43. The van der Waals surface area contributed by atoms with E-state index >= 15 is 0 Å². The van der Waals surface area contributed by atoms with Crippen LogP contribution in [-0.2, 0) is 15.0 Å². The quantitative estimate of drug-likeness (QED) is 0.663. The zero-order chi connectivity index (χ0) is 15.2. The Kier molecular flexibility index (Phi) is 6.87. The Bertz CT molecular complexity index is 413. The van der Waals surface area contributed by atoms with Gasteiger partial charge in [0.1, 0.15) is 0 Å². The molecule has 0 aromatic heterocycles. The smallest absolute Gasteiger partial charge is 0.282 e. The van der Waals surface area contributed by atoms with E-state index in [-0.39, 0.29) is 18.4 Å². The molecule has 1 rings (SSSR count). The summed E-state index contributed by atoms with van der Waals surface area (Å²) in [4.78, 5) is 11.5. The average Bonchev–Trinajstić information content (AvgIpc) is 2.44. The van der Waals surface area contributed by atoms with Gasteiger partial charge >= 0.3 is 0 Å². The number of nitrogens with two attached hydrogens (primary N) is 1. The number of hydrogen-bond acceptors (Lipinski definition) is 4. The second kappa shape index (κ2) is 7.92. The van der Waals surface area contributed by atoms with Crippen molar-refractivity contribution in [3.63, 3.8) is 0 Å². The van der Waals surface area contributed by atoms with Crippen LogP contribution in [-0.4, -0.2) is 62.2 Å². The molecule has 7 nitrogen and oxygen atoms in total. The number of carbonyl (C=O) groups is 1. The number of nitrogens with zero attached hydrogens (tertiary/aromatic N) is 2. The lowest BCUT2D eigenvalue weighted by Gasteiger charge is -2.36. The van der Waals surface area contributed by atoms with E-state index in [1.165, 1.54) is 8.61 Å². The van der Waals surface area contributed by atoms with Gasteiger partial charge in [-0.2, -0.15) is 17.0 Å². The summed E-state index contributed by atoms with van der Waals surface area (Å²) in [5.41, 5.74) is 5.32. The first-order valence-electron chi connectivity index (χ1n) is 7.13. The van der Waals surface area contributed by atoms with Crippen LogP contribution in [0, 0.1) is 0 Å². The highest BCUT2D eigenvalue weighted by Crippen LogP contribution is 2.21. The fourth-order valence-electron chi connectivity index (χ4n) is 2.28. The SMILES string of the molecule is CCN(C)S(=O)(=O)N1CCCCC1CNC(=O)CCN. The van der Waals surface area contributed by atoms with E-state index in [1.54, 1.807) is 14.0 Å². The Balaban J connectivity index is 2.69. The number of hydrogen-bond donors (Lipinski definition) is 2.